The fraction of sp³-hybridized carbons (Fsp3) is 0.240. The average molecular weight is 469 g/mol. The second-order valence-corrected chi connectivity index (χ2v) is 9.34. The van der Waals surface area contributed by atoms with Crippen molar-refractivity contribution in [3.8, 4) is 11.5 Å². The minimum atomic E-state index is -3.84. The largest absolute Gasteiger partial charge is 0.495 e. The zero-order valence-electron chi connectivity index (χ0n) is 19.1. The van der Waals surface area contributed by atoms with Gasteiger partial charge >= 0.3 is 0 Å². The fourth-order valence-electron chi connectivity index (χ4n) is 3.22. The summed E-state index contributed by atoms with van der Waals surface area (Å²) in [6.45, 7) is 5.68. The van der Waals surface area contributed by atoms with Crippen molar-refractivity contribution >= 4 is 27.3 Å². The number of sulfonamides is 1. The minimum Gasteiger partial charge on any atom is -0.495 e. The summed E-state index contributed by atoms with van der Waals surface area (Å²) in [6.07, 6.45) is -0.195. The molecule has 0 aliphatic carbocycles. The number of hydrogen-bond acceptors (Lipinski definition) is 5. The first-order valence-electron chi connectivity index (χ1n) is 10.5. The molecule has 0 saturated carbocycles. The first-order valence-corrected chi connectivity index (χ1v) is 12.0. The summed E-state index contributed by atoms with van der Waals surface area (Å²) in [5.41, 5.74) is 2.76. The van der Waals surface area contributed by atoms with Crippen LogP contribution < -0.4 is 19.5 Å². The van der Waals surface area contributed by atoms with Crippen molar-refractivity contribution in [3.05, 3.63) is 77.9 Å². The van der Waals surface area contributed by atoms with E-state index in [1.165, 1.54) is 19.2 Å². The Kier molecular flexibility index (Phi) is 7.60. The summed E-state index contributed by atoms with van der Waals surface area (Å²) in [5.74, 6) is 0.737. The van der Waals surface area contributed by atoms with Gasteiger partial charge in [0.25, 0.3) is 15.9 Å². The quantitative estimate of drug-likeness (QED) is 0.465. The monoisotopic (exact) mass is 468 g/mol. The van der Waals surface area contributed by atoms with Crippen molar-refractivity contribution in [2.45, 2.75) is 38.2 Å². The van der Waals surface area contributed by atoms with Crippen LogP contribution in [0.4, 0.5) is 11.4 Å². The normalized spacial score (nSPS) is 12.0. The highest BCUT2D eigenvalue weighted by molar-refractivity contribution is 7.92. The van der Waals surface area contributed by atoms with Crippen LogP contribution in [0, 0.1) is 13.8 Å². The Morgan fingerprint density at radius 3 is 2.30 bits per heavy atom. The van der Waals surface area contributed by atoms with Crippen LogP contribution in [0.5, 0.6) is 11.5 Å². The fourth-order valence-corrected chi connectivity index (χ4v) is 4.28. The van der Waals surface area contributed by atoms with Gasteiger partial charge < -0.3 is 14.8 Å². The van der Waals surface area contributed by atoms with Gasteiger partial charge in [0.1, 0.15) is 11.5 Å². The summed E-state index contributed by atoms with van der Waals surface area (Å²) >= 11 is 0. The van der Waals surface area contributed by atoms with E-state index in [0.29, 0.717) is 29.3 Å². The van der Waals surface area contributed by atoms with Crippen LogP contribution in [0.3, 0.4) is 0 Å². The number of aryl methyl sites for hydroxylation is 2. The first kappa shape index (κ1) is 24.1. The molecule has 3 aromatic carbocycles. The maximum Gasteiger partial charge on any atom is 0.265 e. The number of carbonyl (C=O) groups is 1. The molecule has 3 aromatic rings. The molecule has 3 rings (SSSR count). The highest BCUT2D eigenvalue weighted by Crippen LogP contribution is 2.28. The Labute approximate surface area is 194 Å². The topological polar surface area (TPSA) is 93.7 Å². The SMILES string of the molecule is CC[C@H](Oc1cccc(C)c1)C(=O)Nc1ccc(S(=O)(=O)Nc2cc(C)ccc2OC)cc1. The van der Waals surface area contributed by atoms with Gasteiger partial charge in [-0.05, 0) is 79.9 Å². The number of ether oxygens (including phenoxy) is 2. The van der Waals surface area contributed by atoms with E-state index in [-0.39, 0.29) is 10.8 Å². The van der Waals surface area contributed by atoms with Gasteiger partial charge in [0.15, 0.2) is 6.10 Å². The molecule has 1 amide bonds. The molecule has 0 aliphatic heterocycles. The molecular formula is C25H28N2O5S. The maximum atomic E-state index is 12.8. The molecule has 0 bridgehead atoms. The van der Waals surface area contributed by atoms with Crippen LogP contribution in [-0.2, 0) is 14.8 Å². The van der Waals surface area contributed by atoms with Gasteiger partial charge in [0.2, 0.25) is 0 Å². The molecular weight excluding hydrogens is 440 g/mol. The summed E-state index contributed by atoms with van der Waals surface area (Å²) < 4.78 is 39.3. The summed E-state index contributed by atoms with van der Waals surface area (Å²) in [6, 6.07) is 18.7. The maximum absolute atomic E-state index is 12.8. The van der Waals surface area contributed by atoms with Crippen molar-refractivity contribution in [1.29, 1.82) is 0 Å². The predicted octanol–water partition coefficient (Wildman–Crippen LogP) is 4.91. The van der Waals surface area contributed by atoms with Gasteiger partial charge in [-0.15, -0.1) is 0 Å². The van der Waals surface area contributed by atoms with Crippen LogP contribution in [0.25, 0.3) is 0 Å². The molecule has 174 valence electrons. The number of amides is 1. The Bertz CT molecular complexity index is 1220. The number of rotatable bonds is 9. The Hall–Kier alpha value is -3.52. The lowest BCUT2D eigenvalue weighted by Crippen LogP contribution is -2.32. The molecule has 8 heteroatoms. The Morgan fingerprint density at radius 2 is 1.67 bits per heavy atom. The number of hydrogen-bond donors (Lipinski definition) is 2. The van der Waals surface area contributed by atoms with Crippen molar-refractivity contribution in [2.24, 2.45) is 0 Å². The zero-order valence-corrected chi connectivity index (χ0v) is 19.9. The molecule has 0 fully saturated rings. The van der Waals surface area contributed by atoms with Gasteiger partial charge in [-0.1, -0.05) is 25.1 Å². The van der Waals surface area contributed by atoms with Crippen LogP contribution in [-0.4, -0.2) is 27.5 Å². The number of nitrogens with one attached hydrogen (secondary N) is 2. The lowest BCUT2D eigenvalue weighted by Gasteiger charge is -2.18. The van der Waals surface area contributed by atoms with E-state index >= 15 is 0 Å². The lowest BCUT2D eigenvalue weighted by molar-refractivity contribution is -0.122. The molecule has 1 atom stereocenters. The zero-order chi connectivity index (χ0) is 24.0. The van der Waals surface area contributed by atoms with Crippen LogP contribution in [0.1, 0.15) is 24.5 Å². The first-order chi connectivity index (χ1) is 15.7. The molecule has 0 unspecified atom stereocenters. The molecule has 0 spiro atoms. The van der Waals surface area contributed by atoms with E-state index in [1.807, 2.05) is 45.0 Å². The number of benzene rings is 3. The van der Waals surface area contributed by atoms with E-state index < -0.39 is 16.1 Å². The highest BCUT2D eigenvalue weighted by Gasteiger charge is 2.20. The second kappa shape index (κ2) is 10.4. The summed E-state index contributed by atoms with van der Waals surface area (Å²) in [7, 11) is -2.36. The van der Waals surface area contributed by atoms with Gasteiger partial charge in [0, 0.05) is 5.69 Å². The predicted molar refractivity (Wildman–Crippen MR) is 129 cm³/mol. The van der Waals surface area contributed by atoms with Crippen LogP contribution in [0.15, 0.2) is 71.6 Å². The van der Waals surface area contributed by atoms with Gasteiger partial charge in [0.05, 0.1) is 17.7 Å². The Morgan fingerprint density at radius 1 is 0.970 bits per heavy atom. The molecule has 0 heterocycles. The summed E-state index contributed by atoms with van der Waals surface area (Å²) in [4.78, 5) is 12.7. The van der Waals surface area contributed by atoms with Crippen LogP contribution >= 0.6 is 0 Å². The molecule has 0 aromatic heterocycles. The smallest absolute Gasteiger partial charge is 0.265 e. The van der Waals surface area contributed by atoms with Gasteiger partial charge in [-0.2, -0.15) is 0 Å². The molecule has 0 saturated heterocycles. The van der Waals surface area contributed by atoms with E-state index in [4.69, 9.17) is 9.47 Å². The second-order valence-electron chi connectivity index (χ2n) is 7.65. The molecule has 0 aliphatic rings. The Balaban J connectivity index is 1.70. The minimum absolute atomic E-state index is 0.0621. The number of carbonyl (C=O) groups excluding carboxylic acids is 1. The van der Waals surface area contributed by atoms with Crippen LogP contribution in [0.2, 0.25) is 0 Å². The van der Waals surface area contributed by atoms with Crippen molar-refractivity contribution in [3.63, 3.8) is 0 Å². The third-order valence-corrected chi connectivity index (χ3v) is 6.34. The van der Waals surface area contributed by atoms with E-state index in [2.05, 4.69) is 10.0 Å². The molecule has 7 nitrogen and oxygen atoms in total. The molecule has 0 radical (unpaired) electrons. The summed E-state index contributed by atoms with van der Waals surface area (Å²) in [5, 5.41) is 2.78. The third kappa shape index (κ3) is 6.26. The van der Waals surface area contributed by atoms with Crippen molar-refractivity contribution < 1.29 is 22.7 Å². The standard InChI is InChI=1S/C25H28N2O5S/c1-5-23(32-20-8-6-7-17(2)15-20)25(28)26-19-10-12-21(13-11-19)33(29,30)27-22-16-18(3)9-14-24(22)31-4/h6-16,23,27H,5H2,1-4H3,(H,26,28)/t23-/m0/s1. The average Bonchev–Trinajstić information content (AvgIpc) is 2.77. The third-order valence-electron chi connectivity index (χ3n) is 4.96. The van der Waals surface area contributed by atoms with Crippen molar-refractivity contribution in [2.75, 3.05) is 17.1 Å². The van der Waals surface area contributed by atoms with Crippen molar-refractivity contribution in [1.82, 2.24) is 0 Å². The van der Waals surface area contributed by atoms with Gasteiger partial charge in [-0.3, -0.25) is 9.52 Å². The van der Waals surface area contributed by atoms with E-state index in [0.717, 1.165) is 11.1 Å². The highest BCUT2D eigenvalue weighted by atomic mass is 32.2. The lowest BCUT2D eigenvalue weighted by atomic mass is 10.2. The molecule has 33 heavy (non-hydrogen) atoms. The number of anilines is 2. The van der Waals surface area contributed by atoms with E-state index in [1.54, 1.807) is 30.3 Å². The number of methoxy groups -OCH3 is 1. The van der Waals surface area contributed by atoms with E-state index in [9.17, 15) is 13.2 Å². The van der Waals surface area contributed by atoms with Gasteiger partial charge in [-0.25, -0.2) is 8.42 Å². The molecule has 2 N–H and O–H groups in total.